The predicted molar refractivity (Wildman–Crippen MR) is 117 cm³/mol. The number of aliphatic hydroxyl groups excluding tert-OH is 1. The molecule has 2 heterocycles. The van der Waals surface area contributed by atoms with Crippen molar-refractivity contribution in [2.75, 3.05) is 26.2 Å². The molecule has 0 bridgehead atoms. The summed E-state index contributed by atoms with van der Waals surface area (Å²) < 4.78 is 0. The summed E-state index contributed by atoms with van der Waals surface area (Å²) in [7, 11) is 0. The summed E-state index contributed by atoms with van der Waals surface area (Å²) >= 11 is 7.41. The molecule has 0 spiro atoms. The number of hydrogen-bond donors (Lipinski definition) is 1. The smallest absolute Gasteiger partial charge is 0.295 e. The van der Waals surface area contributed by atoms with Crippen LogP contribution < -0.4 is 0 Å². The standard InChI is InChI=1S/C22H25ClN2O3S/c1-3-24(4-2)12-6-13-25-19(17-7-5-14-29-17)18(21(27)22(25)28)20(26)15-8-10-16(23)11-9-15/h5,7-11,14,19,26H,3-4,6,12-13H2,1-2H3. The van der Waals surface area contributed by atoms with Crippen LogP contribution in [0.1, 0.15) is 36.8 Å². The molecule has 0 aliphatic carbocycles. The highest BCUT2D eigenvalue weighted by molar-refractivity contribution is 7.10. The van der Waals surface area contributed by atoms with Gasteiger partial charge in [-0.2, -0.15) is 0 Å². The first-order chi connectivity index (χ1) is 14.0. The predicted octanol–water partition coefficient (Wildman–Crippen LogP) is 4.56. The first-order valence-corrected chi connectivity index (χ1v) is 11.0. The number of benzene rings is 1. The Morgan fingerprint density at radius 2 is 1.86 bits per heavy atom. The van der Waals surface area contributed by atoms with Crippen LogP contribution in [0.25, 0.3) is 5.76 Å². The largest absolute Gasteiger partial charge is 0.507 e. The highest BCUT2D eigenvalue weighted by atomic mass is 35.5. The van der Waals surface area contributed by atoms with Gasteiger partial charge in [0.15, 0.2) is 0 Å². The molecule has 29 heavy (non-hydrogen) atoms. The van der Waals surface area contributed by atoms with Crippen LogP contribution in [-0.4, -0.2) is 52.8 Å². The van der Waals surface area contributed by atoms with Crippen molar-refractivity contribution in [1.82, 2.24) is 9.80 Å². The summed E-state index contributed by atoms with van der Waals surface area (Å²) in [5.41, 5.74) is 0.611. The Morgan fingerprint density at radius 1 is 1.17 bits per heavy atom. The molecular weight excluding hydrogens is 408 g/mol. The van der Waals surface area contributed by atoms with Crippen molar-refractivity contribution in [3.8, 4) is 0 Å². The SMILES string of the molecule is CCN(CC)CCCN1C(=O)C(=O)C(=C(O)c2ccc(Cl)cc2)C1c1cccs1. The number of Topliss-reactive ketones (excluding diaryl/α,β-unsaturated/α-hetero) is 1. The van der Waals surface area contributed by atoms with E-state index in [1.165, 1.54) is 11.3 Å². The second-order valence-electron chi connectivity index (χ2n) is 6.90. The third-order valence-electron chi connectivity index (χ3n) is 5.24. The summed E-state index contributed by atoms with van der Waals surface area (Å²) in [6, 6.07) is 9.82. The lowest BCUT2D eigenvalue weighted by Crippen LogP contribution is -2.33. The highest BCUT2D eigenvalue weighted by Gasteiger charge is 2.46. The Morgan fingerprint density at radius 3 is 2.45 bits per heavy atom. The lowest BCUT2D eigenvalue weighted by molar-refractivity contribution is -0.139. The Bertz CT molecular complexity index is 889. The average Bonchev–Trinajstić information content (AvgIpc) is 3.33. The number of nitrogens with zero attached hydrogens (tertiary/aromatic N) is 2. The summed E-state index contributed by atoms with van der Waals surface area (Å²) in [6.07, 6.45) is 0.761. The number of likely N-dealkylation sites (tertiary alicyclic amines) is 1. The third kappa shape index (κ3) is 4.55. The molecule has 154 valence electrons. The second kappa shape index (κ2) is 9.57. The topological polar surface area (TPSA) is 60.9 Å². The first kappa shape index (κ1) is 21.6. The lowest BCUT2D eigenvalue weighted by Gasteiger charge is -2.25. The first-order valence-electron chi connectivity index (χ1n) is 9.78. The van der Waals surface area contributed by atoms with Crippen LogP contribution in [0.4, 0.5) is 0 Å². The Labute approximate surface area is 180 Å². The molecule has 1 aromatic carbocycles. The second-order valence-corrected chi connectivity index (χ2v) is 8.31. The van der Waals surface area contributed by atoms with Gasteiger partial charge in [0.1, 0.15) is 5.76 Å². The Balaban J connectivity index is 1.95. The fourth-order valence-corrected chi connectivity index (χ4v) is 4.59. The van der Waals surface area contributed by atoms with Crippen molar-refractivity contribution in [2.24, 2.45) is 0 Å². The number of carbonyl (C=O) groups excluding carboxylic acids is 2. The van der Waals surface area contributed by atoms with E-state index in [1.807, 2.05) is 17.5 Å². The van der Waals surface area contributed by atoms with Crippen LogP contribution in [-0.2, 0) is 9.59 Å². The van der Waals surface area contributed by atoms with Gasteiger partial charge in [0.05, 0.1) is 11.6 Å². The molecule has 5 nitrogen and oxygen atoms in total. The molecule has 1 unspecified atom stereocenters. The summed E-state index contributed by atoms with van der Waals surface area (Å²) in [4.78, 5) is 30.4. The fourth-order valence-electron chi connectivity index (χ4n) is 3.62. The normalized spacial score (nSPS) is 18.8. The molecule has 0 radical (unpaired) electrons. The van der Waals surface area contributed by atoms with E-state index in [9.17, 15) is 14.7 Å². The molecule has 1 amide bonds. The molecule has 2 aromatic rings. The van der Waals surface area contributed by atoms with Crippen LogP contribution in [0.3, 0.4) is 0 Å². The van der Waals surface area contributed by atoms with Crippen molar-refractivity contribution in [3.05, 3.63) is 62.8 Å². The number of halogens is 1. The zero-order valence-electron chi connectivity index (χ0n) is 16.6. The number of hydrogen-bond acceptors (Lipinski definition) is 5. The van der Waals surface area contributed by atoms with Gasteiger partial charge < -0.3 is 14.9 Å². The summed E-state index contributed by atoms with van der Waals surface area (Å²) in [5, 5.41) is 13.4. The van der Waals surface area contributed by atoms with Crippen molar-refractivity contribution in [1.29, 1.82) is 0 Å². The zero-order chi connectivity index (χ0) is 21.0. The maximum absolute atomic E-state index is 12.9. The van der Waals surface area contributed by atoms with E-state index in [0.29, 0.717) is 17.1 Å². The van der Waals surface area contributed by atoms with Gasteiger partial charge in [-0.15, -0.1) is 11.3 Å². The summed E-state index contributed by atoms with van der Waals surface area (Å²) in [6.45, 7) is 7.41. The van der Waals surface area contributed by atoms with Crippen molar-refractivity contribution < 1.29 is 14.7 Å². The van der Waals surface area contributed by atoms with Crippen LogP contribution in [0.15, 0.2) is 47.4 Å². The molecular formula is C22H25ClN2O3S. The van der Waals surface area contributed by atoms with E-state index in [4.69, 9.17) is 11.6 Å². The van der Waals surface area contributed by atoms with E-state index in [2.05, 4.69) is 18.7 Å². The number of ketones is 1. The van der Waals surface area contributed by atoms with Gasteiger partial charge in [-0.1, -0.05) is 31.5 Å². The molecule has 1 aliphatic heterocycles. The quantitative estimate of drug-likeness (QED) is 0.377. The molecule has 1 saturated heterocycles. The number of aliphatic hydroxyl groups is 1. The van der Waals surface area contributed by atoms with E-state index in [0.717, 1.165) is 30.9 Å². The number of carbonyl (C=O) groups is 2. The Kier molecular flexibility index (Phi) is 7.11. The molecule has 3 rings (SSSR count). The van der Waals surface area contributed by atoms with Gasteiger partial charge in [0.2, 0.25) is 0 Å². The van der Waals surface area contributed by atoms with Gasteiger partial charge in [0.25, 0.3) is 11.7 Å². The molecule has 1 fully saturated rings. The molecule has 1 aromatic heterocycles. The third-order valence-corrected chi connectivity index (χ3v) is 6.41. The minimum atomic E-state index is -0.640. The lowest BCUT2D eigenvalue weighted by atomic mass is 10.00. The van der Waals surface area contributed by atoms with E-state index in [1.54, 1.807) is 29.2 Å². The maximum atomic E-state index is 12.9. The van der Waals surface area contributed by atoms with E-state index in [-0.39, 0.29) is 11.3 Å². The van der Waals surface area contributed by atoms with Crippen molar-refractivity contribution in [3.63, 3.8) is 0 Å². The molecule has 0 saturated carbocycles. The Hall–Kier alpha value is -2.15. The molecule has 1 atom stereocenters. The van der Waals surface area contributed by atoms with Gasteiger partial charge in [0, 0.05) is 22.0 Å². The number of rotatable bonds is 8. The minimum Gasteiger partial charge on any atom is -0.507 e. The van der Waals surface area contributed by atoms with Crippen LogP contribution >= 0.6 is 22.9 Å². The minimum absolute atomic E-state index is 0.141. The number of amides is 1. The summed E-state index contributed by atoms with van der Waals surface area (Å²) in [5.74, 6) is -1.36. The fraction of sp³-hybridized carbons (Fsp3) is 0.364. The zero-order valence-corrected chi connectivity index (χ0v) is 18.2. The van der Waals surface area contributed by atoms with Crippen molar-refractivity contribution >= 4 is 40.4 Å². The van der Waals surface area contributed by atoms with Gasteiger partial charge in [-0.3, -0.25) is 9.59 Å². The van der Waals surface area contributed by atoms with Crippen LogP contribution in [0.2, 0.25) is 5.02 Å². The maximum Gasteiger partial charge on any atom is 0.295 e. The molecule has 7 heteroatoms. The molecule has 1 N–H and O–H groups in total. The monoisotopic (exact) mass is 432 g/mol. The highest BCUT2D eigenvalue weighted by Crippen LogP contribution is 2.41. The molecule has 1 aliphatic rings. The van der Waals surface area contributed by atoms with Gasteiger partial charge in [-0.05, 0) is 61.8 Å². The average molecular weight is 433 g/mol. The van der Waals surface area contributed by atoms with Gasteiger partial charge >= 0.3 is 0 Å². The van der Waals surface area contributed by atoms with Crippen LogP contribution in [0, 0.1) is 0 Å². The van der Waals surface area contributed by atoms with Gasteiger partial charge in [-0.25, -0.2) is 0 Å². The van der Waals surface area contributed by atoms with E-state index < -0.39 is 17.7 Å². The van der Waals surface area contributed by atoms with Crippen LogP contribution in [0.5, 0.6) is 0 Å². The van der Waals surface area contributed by atoms with Crippen molar-refractivity contribution in [2.45, 2.75) is 26.3 Å². The number of thiophene rings is 1. The van der Waals surface area contributed by atoms with E-state index >= 15 is 0 Å².